The molecule has 0 aromatic heterocycles. The smallest absolute Gasteiger partial charge is 0.308 e. The van der Waals surface area contributed by atoms with Crippen LogP contribution in [0.4, 0.5) is 4.39 Å². The van der Waals surface area contributed by atoms with E-state index < -0.39 is 27.7 Å². The van der Waals surface area contributed by atoms with Gasteiger partial charge < -0.3 is 5.11 Å². The molecule has 0 aliphatic rings. The maximum Gasteiger partial charge on any atom is 0.308 e. The third kappa shape index (κ3) is 4.25. The zero-order valence-electron chi connectivity index (χ0n) is 12.5. The molecule has 0 spiro atoms. The summed E-state index contributed by atoms with van der Waals surface area (Å²) in [7, 11) is -3.88. The Morgan fingerprint density at radius 1 is 1.29 bits per heavy atom. The largest absolute Gasteiger partial charge is 0.481 e. The molecule has 0 aliphatic carbocycles. The molecule has 118 valence electrons. The van der Waals surface area contributed by atoms with Crippen molar-refractivity contribution < 1.29 is 22.7 Å². The first-order valence-corrected chi connectivity index (χ1v) is 8.03. The molecule has 1 aromatic carbocycles. The third-order valence-corrected chi connectivity index (χ3v) is 5.04. The van der Waals surface area contributed by atoms with Crippen molar-refractivity contribution in [1.29, 1.82) is 0 Å². The molecule has 5 nitrogen and oxygen atoms in total. The molecule has 0 amide bonds. The summed E-state index contributed by atoms with van der Waals surface area (Å²) in [6, 6.07) is 2.28. The number of aryl methyl sites for hydroxylation is 2. The molecule has 0 fully saturated rings. The van der Waals surface area contributed by atoms with Gasteiger partial charge in [-0.2, -0.15) is 0 Å². The number of hydrogen-bond donors (Lipinski definition) is 2. The van der Waals surface area contributed by atoms with Gasteiger partial charge >= 0.3 is 5.97 Å². The molecule has 0 aliphatic heterocycles. The van der Waals surface area contributed by atoms with Crippen LogP contribution in [-0.4, -0.2) is 26.0 Å². The van der Waals surface area contributed by atoms with Crippen LogP contribution in [0.5, 0.6) is 0 Å². The van der Waals surface area contributed by atoms with E-state index in [4.69, 9.17) is 5.11 Å². The SMILES string of the molecule is Cc1cc(F)cc(C)c1S(=O)(=O)NCC(C(=O)O)C(C)C. The zero-order chi connectivity index (χ0) is 16.4. The van der Waals surface area contributed by atoms with Crippen LogP contribution in [0.15, 0.2) is 17.0 Å². The molecule has 21 heavy (non-hydrogen) atoms. The van der Waals surface area contributed by atoms with E-state index in [1.807, 2.05) is 0 Å². The highest BCUT2D eigenvalue weighted by Crippen LogP contribution is 2.21. The van der Waals surface area contributed by atoms with Gasteiger partial charge in [0, 0.05) is 6.54 Å². The number of sulfonamides is 1. The van der Waals surface area contributed by atoms with Gasteiger partial charge in [-0.15, -0.1) is 0 Å². The van der Waals surface area contributed by atoms with Gasteiger partial charge in [0.25, 0.3) is 0 Å². The first-order valence-electron chi connectivity index (χ1n) is 6.55. The number of carboxylic acids is 1. The van der Waals surface area contributed by atoms with Crippen LogP contribution in [0.1, 0.15) is 25.0 Å². The monoisotopic (exact) mass is 317 g/mol. The summed E-state index contributed by atoms with van der Waals surface area (Å²) in [5, 5.41) is 9.07. The van der Waals surface area contributed by atoms with Gasteiger partial charge in [-0.3, -0.25) is 4.79 Å². The van der Waals surface area contributed by atoms with Crippen LogP contribution < -0.4 is 4.72 Å². The normalized spacial score (nSPS) is 13.4. The molecule has 1 rings (SSSR count). The van der Waals surface area contributed by atoms with Crippen LogP contribution in [0.25, 0.3) is 0 Å². The van der Waals surface area contributed by atoms with Crippen LogP contribution >= 0.6 is 0 Å². The van der Waals surface area contributed by atoms with Gasteiger partial charge in [0.2, 0.25) is 10.0 Å². The highest BCUT2D eigenvalue weighted by molar-refractivity contribution is 7.89. The van der Waals surface area contributed by atoms with E-state index >= 15 is 0 Å². The minimum Gasteiger partial charge on any atom is -0.481 e. The lowest BCUT2D eigenvalue weighted by molar-refractivity contribution is -0.142. The maximum atomic E-state index is 13.2. The van der Waals surface area contributed by atoms with Crippen molar-refractivity contribution in [3.63, 3.8) is 0 Å². The summed E-state index contributed by atoms with van der Waals surface area (Å²) in [6.07, 6.45) is 0. The van der Waals surface area contributed by atoms with Crippen molar-refractivity contribution in [3.8, 4) is 0 Å². The summed E-state index contributed by atoms with van der Waals surface area (Å²) < 4.78 is 40.2. The lowest BCUT2D eigenvalue weighted by atomic mass is 9.97. The predicted molar refractivity (Wildman–Crippen MR) is 77.0 cm³/mol. The molecule has 0 saturated carbocycles. The van der Waals surface area contributed by atoms with Crippen LogP contribution in [0, 0.1) is 31.5 Å². The topological polar surface area (TPSA) is 83.5 Å². The summed E-state index contributed by atoms with van der Waals surface area (Å²) >= 11 is 0. The number of halogens is 1. The summed E-state index contributed by atoms with van der Waals surface area (Å²) in [6.45, 7) is 6.22. The molecule has 7 heteroatoms. The molecule has 0 bridgehead atoms. The fraction of sp³-hybridized carbons (Fsp3) is 0.500. The van der Waals surface area contributed by atoms with Crippen LogP contribution in [-0.2, 0) is 14.8 Å². The van der Waals surface area contributed by atoms with Gasteiger partial charge in [-0.25, -0.2) is 17.5 Å². The van der Waals surface area contributed by atoms with E-state index in [2.05, 4.69) is 4.72 Å². The van der Waals surface area contributed by atoms with Gasteiger partial charge in [0.05, 0.1) is 10.8 Å². The number of rotatable bonds is 6. The van der Waals surface area contributed by atoms with E-state index in [1.165, 1.54) is 13.8 Å². The molecule has 1 unspecified atom stereocenters. The molecule has 0 radical (unpaired) electrons. The first kappa shape index (κ1) is 17.6. The second-order valence-corrected chi connectivity index (χ2v) is 7.11. The van der Waals surface area contributed by atoms with E-state index in [-0.39, 0.29) is 28.5 Å². The van der Waals surface area contributed by atoms with E-state index in [0.717, 1.165) is 12.1 Å². The Hall–Kier alpha value is -1.47. The number of nitrogens with one attached hydrogen (secondary N) is 1. The molecule has 1 atom stereocenters. The highest BCUT2D eigenvalue weighted by atomic mass is 32.2. The van der Waals surface area contributed by atoms with Crippen molar-refractivity contribution >= 4 is 16.0 Å². The van der Waals surface area contributed by atoms with Crippen molar-refractivity contribution in [3.05, 3.63) is 29.1 Å². The van der Waals surface area contributed by atoms with Crippen molar-refractivity contribution in [2.75, 3.05) is 6.54 Å². The zero-order valence-corrected chi connectivity index (χ0v) is 13.3. The average Bonchev–Trinajstić information content (AvgIpc) is 2.25. The van der Waals surface area contributed by atoms with Gasteiger partial charge in [-0.1, -0.05) is 13.8 Å². The number of carbonyl (C=O) groups is 1. The lowest BCUT2D eigenvalue weighted by Crippen LogP contribution is -2.36. The Bertz CT molecular complexity index is 617. The predicted octanol–water partition coefficient (Wildman–Crippen LogP) is 2.08. The average molecular weight is 317 g/mol. The lowest BCUT2D eigenvalue weighted by Gasteiger charge is -2.18. The molecule has 0 heterocycles. The Labute approximate surface area is 124 Å². The summed E-state index contributed by atoms with van der Waals surface area (Å²) in [4.78, 5) is 11.1. The molecular weight excluding hydrogens is 297 g/mol. The second kappa shape index (κ2) is 6.53. The van der Waals surface area contributed by atoms with Crippen LogP contribution in [0.3, 0.4) is 0 Å². The minimum atomic E-state index is -3.88. The van der Waals surface area contributed by atoms with Gasteiger partial charge in [0.15, 0.2) is 0 Å². The molecular formula is C14H20FNO4S. The quantitative estimate of drug-likeness (QED) is 0.841. The number of aliphatic carboxylic acids is 1. The summed E-state index contributed by atoms with van der Waals surface area (Å²) in [5.41, 5.74) is 0.577. The third-order valence-electron chi connectivity index (χ3n) is 3.31. The fourth-order valence-electron chi connectivity index (χ4n) is 2.20. The van der Waals surface area contributed by atoms with Crippen LogP contribution in [0.2, 0.25) is 0 Å². The summed E-state index contributed by atoms with van der Waals surface area (Å²) in [5.74, 6) is -2.59. The van der Waals surface area contributed by atoms with Crippen molar-refractivity contribution in [1.82, 2.24) is 4.72 Å². The number of benzene rings is 1. The van der Waals surface area contributed by atoms with E-state index in [1.54, 1.807) is 13.8 Å². The molecule has 1 aromatic rings. The Morgan fingerprint density at radius 2 is 1.76 bits per heavy atom. The number of hydrogen-bond acceptors (Lipinski definition) is 3. The number of carboxylic acid groups (broad SMARTS) is 1. The Morgan fingerprint density at radius 3 is 2.14 bits per heavy atom. The Balaban J connectivity index is 3.06. The minimum absolute atomic E-state index is 0.00297. The highest BCUT2D eigenvalue weighted by Gasteiger charge is 2.26. The van der Waals surface area contributed by atoms with Crippen molar-refractivity contribution in [2.45, 2.75) is 32.6 Å². The van der Waals surface area contributed by atoms with Gasteiger partial charge in [-0.05, 0) is 43.0 Å². The van der Waals surface area contributed by atoms with Crippen molar-refractivity contribution in [2.24, 2.45) is 11.8 Å². The first-order chi connectivity index (χ1) is 9.56. The Kier molecular flexibility index (Phi) is 5.47. The molecule has 0 saturated heterocycles. The van der Waals surface area contributed by atoms with Gasteiger partial charge in [0.1, 0.15) is 5.82 Å². The second-order valence-electron chi connectivity index (χ2n) is 5.41. The van der Waals surface area contributed by atoms with E-state index in [0.29, 0.717) is 0 Å². The fourth-order valence-corrected chi connectivity index (χ4v) is 3.71. The standard InChI is InChI=1S/C14H20FNO4S/c1-8(2)12(14(17)18)7-16-21(19,20)13-9(3)5-11(15)6-10(13)4/h5-6,8,12,16H,7H2,1-4H3,(H,17,18). The maximum absolute atomic E-state index is 13.2. The van der Waals surface area contributed by atoms with E-state index in [9.17, 15) is 17.6 Å². The molecule has 2 N–H and O–H groups in total.